The zero-order valence-electron chi connectivity index (χ0n) is 17.9. The van der Waals surface area contributed by atoms with E-state index in [2.05, 4.69) is 80.4 Å². The monoisotopic (exact) mass is 698 g/mol. The molecule has 0 bridgehead atoms. The van der Waals surface area contributed by atoms with E-state index < -0.39 is 0 Å². The van der Waals surface area contributed by atoms with Crippen LogP contribution in [-0.2, 0) is 2.90 Å². The van der Waals surface area contributed by atoms with Crippen molar-refractivity contribution in [2.24, 2.45) is 0 Å². The molecule has 0 saturated carbocycles. The van der Waals surface area contributed by atoms with E-state index in [9.17, 15) is 0 Å². The molecule has 3 nitrogen and oxygen atoms in total. The standard InChI is InChI=1S/C26H20Br2O3Se2/c1-29-19-9-3-7-17(15-19)21-11-5-13-23(25(21)27)32-31-33-24-14-6-12-22(26(24)28)18-8-4-10-20(16-18)30-2/h3-16H,1-2H3. The molecule has 0 saturated heterocycles. The molecule has 0 aliphatic heterocycles. The number of ether oxygens (including phenoxy) is 2. The first kappa shape index (κ1) is 24.6. The van der Waals surface area contributed by atoms with Crippen molar-refractivity contribution in [3.8, 4) is 33.8 Å². The Bertz CT molecular complexity index is 1170. The molecule has 0 unspecified atom stereocenters. The van der Waals surface area contributed by atoms with Crippen molar-refractivity contribution in [2.75, 3.05) is 14.2 Å². The van der Waals surface area contributed by atoms with Gasteiger partial charge in [-0.15, -0.1) is 0 Å². The summed E-state index contributed by atoms with van der Waals surface area (Å²) in [7, 11) is 3.37. The van der Waals surface area contributed by atoms with Crippen LogP contribution in [0.2, 0.25) is 0 Å². The third kappa shape index (κ3) is 5.93. The Hall–Kier alpha value is -1.56. The molecular formula is C26H20Br2O3Se2. The van der Waals surface area contributed by atoms with E-state index in [1.807, 2.05) is 36.4 Å². The van der Waals surface area contributed by atoms with E-state index >= 15 is 0 Å². The predicted octanol–water partition coefficient (Wildman–Crippen LogP) is 5.77. The molecule has 0 aromatic heterocycles. The predicted molar refractivity (Wildman–Crippen MR) is 144 cm³/mol. The van der Waals surface area contributed by atoms with Gasteiger partial charge in [0.1, 0.15) is 0 Å². The van der Waals surface area contributed by atoms with Crippen molar-refractivity contribution in [1.29, 1.82) is 0 Å². The van der Waals surface area contributed by atoms with Crippen LogP contribution in [0.3, 0.4) is 0 Å². The maximum absolute atomic E-state index is 6.25. The Morgan fingerprint density at radius 3 is 1.42 bits per heavy atom. The fourth-order valence-corrected chi connectivity index (χ4v) is 8.62. The number of hydrogen-bond acceptors (Lipinski definition) is 3. The molecule has 4 aromatic rings. The molecule has 0 spiro atoms. The molecule has 33 heavy (non-hydrogen) atoms. The normalized spacial score (nSPS) is 10.8. The van der Waals surface area contributed by atoms with E-state index in [0.717, 1.165) is 42.7 Å². The zero-order valence-corrected chi connectivity index (χ0v) is 24.5. The van der Waals surface area contributed by atoms with E-state index in [-0.39, 0.29) is 30.6 Å². The minimum atomic E-state index is -0.126. The van der Waals surface area contributed by atoms with Crippen molar-refractivity contribution in [3.63, 3.8) is 0 Å². The van der Waals surface area contributed by atoms with Gasteiger partial charge in [-0.3, -0.25) is 0 Å². The zero-order chi connectivity index (χ0) is 23.2. The van der Waals surface area contributed by atoms with Crippen molar-refractivity contribution in [2.45, 2.75) is 0 Å². The average Bonchev–Trinajstić information content (AvgIpc) is 2.86. The summed E-state index contributed by atoms with van der Waals surface area (Å²) >= 11 is 7.35. The number of methoxy groups -OCH3 is 2. The van der Waals surface area contributed by atoms with Crippen LogP contribution in [0, 0.1) is 0 Å². The van der Waals surface area contributed by atoms with Gasteiger partial charge in [-0.1, -0.05) is 0 Å². The van der Waals surface area contributed by atoms with Crippen molar-refractivity contribution < 1.29 is 12.4 Å². The fraction of sp³-hybridized carbons (Fsp3) is 0.0769. The van der Waals surface area contributed by atoms with Crippen LogP contribution in [0.5, 0.6) is 11.5 Å². The quantitative estimate of drug-likeness (QED) is 0.219. The maximum atomic E-state index is 6.25. The van der Waals surface area contributed by atoms with E-state index in [1.54, 1.807) is 14.2 Å². The number of benzene rings is 4. The van der Waals surface area contributed by atoms with Gasteiger partial charge < -0.3 is 0 Å². The van der Waals surface area contributed by atoms with E-state index in [4.69, 9.17) is 12.4 Å². The number of halogens is 2. The summed E-state index contributed by atoms with van der Waals surface area (Å²) in [6.45, 7) is 0. The third-order valence-corrected chi connectivity index (χ3v) is 11.8. The van der Waals surface area contributed by atoms with Gasteiger partial charge in [-0.25, -0.2) is 0 Å². The van der Waals surface area contributed by atoms with Crippen LogP contribution < -0.4 is 18.4 Å². The molecule has 0 heterocycles. The van der Waals surface area contributed by atoms with Crippen LogP contribution in [-0.4, -0.2) is 44.8 Å². The van der Waals surface area contributed by atoms with Gasteiger partial charge in [0, 0.05) is 0 Å². The molecule has 0 fully saturated rings. The topological polar surface area (TPSA) is 27.7 Å². The molecule has 4 rings (SSSR count). The SMILES string of the molecule is COc1cccc(-c2cccc([Se]O[Se]c3cccc(-c4cccc(OC)c4)c3Br)c2Br)c1. The first-order chi connectivity index (χ1) is 16.1. The number of rotatable bonds is 8. The molecule has 4 aromatic carbocycles. The second-order valence-electron chi connectivity index (χ2n) is 6.93. The van der Waals surface area contributed by atoms with Crippen LogP contribution in [0.15, 0.2) is 93.9 Å². The van der Waals surface area contributed by atoms with Crippen LogP contribution in [0.4, 0.5) is 0 Å². The van der Waals surface area contributed by atoms with Gasteiger partial charge in [0.05, 0.1) is 0 Å². The van der Waals surface area contributed by atoms with Gasteiger partial charge in [-0.2, -0.15) is 0 Å². The summed E-state index contributed by atoms with van der Waals surface area (Å²) in [6.07, 6.45) is 0. The van der Waals surface area contributed by atoms with Gasteiger partial charge in [0.2, 0.25) is 0 Å². The number of hydrogen-bond donors (Lipinski definition) is 0. The Morgan fingerprint density at radius 1 is 0.576 bits per heavy atom. The van der Waals surface area contributed by atoms with E-state index in [0.29, 0.717) is 0 Å². The van der Waals surface area contributed by atoms with Gasteiger partial charge in [0.25, 0.3) is 0 Å². The molecule has 0 N–H and O–H groups in total. The van der Waals surface area contributed by atoms with Crippen LogP contribution >= 0.6 is 31.9 Å². The Morgan fingerprint density at radius 2 is 1.00 bits per heavy atom. The molecular weight excluding hydrogens is 678 g/mol. The summed E-state index contributed by atoms with van der Waals surface area (Å²) in [6, 6.07) is 28.8. The second kappa shape index (κ2) is 11.7. The molecule has 0 amide bonds. The van der Waals surface area contributed by atoms with Crippen LogP contribution in [0.25, 0.3) is 22.3 Å². The summed E-state index contributed by atoms with van der Waals surface area (Å²) in [4.78, 5) is 0. The summed E-state index contributed by atoms with van der Waals surface area (Å²) in [5, 5.41) is 0. The molecule has 0 aliphatic rings. The van der Waals surface area contributed by atoms with Gasteiger partial charge in [-0.05, 0) is 0 Å². The van der Waals surface area contributed by atoms with E-state index in [1.165, 1.54) is 8.92 Å². The molecule has 0 atom stereocenters. The van der Waals surface area contributed by atoms with Crippen LogP contribution in [0.1, 0.15) is 0 Å². The average molecular weight is 698 g/mol. The Labute approximate surface area is 224 Å². The Balaban J connectivity index is 1.50. The third-order valence-electron chi connectivity index (χ3n) is 4.94. The summed E-state index contributed by atoms with van der Waals surface area (Å²) in [5.74, 6) is 1.69. The second-order valence-corrected chi connectivity index (χ2v) is 12.8. The van der Waals surface area contributed by atoms with Crippen molar-refractivity contribution >= 4 is 71.4 Å². The summed E-state index contributed by atoms with van der Waals surface area (Å²) < 4.78 is 21.5. The van der Waals surface area contributed by atoms with Gasteiger partial charge in [0.15, 0.2) is 0 Å². The molecule has 0 aliphatic carbocycles. The fourth-order valence-electron chi connectivity index (χ4n) is 3.27. The summed E-state index contributed by atoms with van der Waals surface area (Å²) in [5.41, 5.74) is 4.48. The van der Waals surface area contributed by atoms with Crippen molar-refractivity contribution in [3.05, 3.63) is 93.9 Å². The van der Waals surface area contributed by atoms with Gasteiger partial charge >= 0.3 is 226 Å². The minimum absolute atomic E-state index is 0.126. The first-order valence-corrected chi connectivity index (χ1v) is 14.7. The molecule has 168 valence electrons. The molecule has 0 radical (unpaired) electrons. The molecule has 7 heteroatoms. The van der Waals surface area contributed by atoms with Crippen molar-refractivity contribution in [1.82, 2.24) is 0 Å². The first-order valence-electron chi connectivity index (χ1n) is 9.98. The Kier molecular flexibility index (Phi) is 8.72.